The number of hydrogen-bond donors (Lipinski definition) is 0. The number of rotatable bonds is 3. The molecule has 3 aromatic rings. The largest absolute Gasteiger partial charge is 0.457 e. The standard InChI is InChI=1S/C27H21NO3/c29-26-24-19-12-13-20(22-14-21(19)22)25(24)27(30)28(26)16-8-10-17(11-9-16)31-23-7-3-5-15-4-1-2-6-18(15)23/h1-13,19-22,24-25H,14H2/t19-,20-,21-,22-,24+,25+/m0/s1. The van der Waals surface area contributed by atoms with Crippen LogP contribution < -0.4 is 9.64 Å². The first-order valence-corrected chi connectivity index (χ1v) is 11.0. The van der Waals surface area contributed by atoms with Crippen LogP contribution in [0.4, 0.5) is 5.69 Å². The number of amides is 2. The SMILES string of the molecule is O=C1[C@@H]2[C@H]3C=C[C@@H]([C@@H]4C[C@@H]34)[C@H]2C(=O)N1c1ccc(Oc2cccc3ccccc23)cc1. The van der Waals surface area contributed by atoms with Gasteiger partial charge in [0.2, 0.25) is 11.8 Å². The van der Waals surface area contributed by atoms with E-state index in [-0.39, 0.29) is 35.5 Å². The van der Waals surface area contributed by atoms with Crippen LogP contribution in [0.5, 0.6) is 11.5 Å². The molecule has 3 aromatic carbocycles. The molecule has 2 amide bonds. The predicted octanol–water partition coefficient (Wildman–Crippen LogP) is 5.19. The molecule has 1 aliphatic heterocycles. The molecule has 2 bridgehead atoms. The number of nitrogens with zero attached hydrogens (tertiary/aromatic N) is 1. The van der Waals surface area contributed by atoms with E-state index in [1.165, 1.54) is 11.3 Å². The summed E-state index contributed by atoms with van der Waals surface area (Å²) in [5.74, 6) is 2.80. The average Bonchev–Trinajstić information content (AvgIpc) is 3.58. The molecule has 4 heteroatoms. The second kappa shape index (κ2) is 6.07. The number of imide groups is 1. The highest BCUT2D eigenvalue weighted by Gasteiger charge is 2.67. The van der Waals surface area contributed by atoms with Crippen LogP contribution in [0.25, 0.3) is 10.8 Å². The maximum absolute atomic E-state index is 13.3. The minimum Gasteiger partial charge on any atom is -0.457 e. The van der Waals surface area contributed by atoms with E-state index in [2.05, 4.69) is 24.3 Å². The number of carbonyl (C=O) groups is 2. The van der Waals surface area contributed by atoms with Crippen LogP contribution in [0.3, 0.4) is 0 Å². The van der Waals surface area contributed by atoms with Gasteiger partial charge in [0.1, 0.15) is 11.5 Å². The predicted molar refractivity (Wildman–Crippen MR) is 118 cm³/mol. The highest BCUT2D eigenvalue weighted by Crippen LogP contribution is 2.65. The van der Waals surface area contributed by atoms with E-state index >= 15 is 0 Å². The van der Waals surface area contributed by atoms with E-state index in [4.69, 9.17) is 4.74 Å². The smallest absolute Gasteiger partial charge is 0.238 e. The van der Waals surface area contributed by atoms with Gasteiger partial charge in [-0.05, 0) is 65.8 Å². The fraction of sp³-hybridized carbons (Fsp3) is 0.259. The minimum atomic E-state index is -0.169. The highest BCUT2D eigenvalue weighted by molar-refractivity contribution is 6.22. The van der Waals surface area contributed by atoms with Gasteiger partial charge in [0.15, 0.2) is 0 Å². The molecule has 4 nitrogen and oxygen atoms in total. The van der Waals surface area contributed by atoms with Crippen molar-refractivity contribution in [1.29, 1.82) is 0 Å². The number of ether oxygens (including phenoxy) is 1. The number of allylic oxidation sites excluding steroid dienone is 2. The number of fused-ring (bicyclic) bond motifs is 1. The van der Waals surface area contributed by atoms with Crippen LogP contribution in [0.1, 0.15) is 6.42 Å². The Balaban J connectivity index is 1.17. The molecule has 0 unspecified atom stereocenters. The lowest BCUT2D eigenvalue weighted by atomic mass is 9.63. The second-order valence-corrected chi connectivity index (χ2v) is 9.24. The number of benzene rings is 3. The van der Waals surface area contributed by atoms with Gasteiger partial charge in [-0.1, -0.05) is 48.6 Å². The van der Waals surface area contributed by atoms with E-state index in [1.807, 2.05) is 54.6 Å². The number of hydrogen-bond acceptors (Lipinski definition) is 3. The fourth-order valence-corrected chi connectivity index (χ4v) is 6.29. The monoisotopic (exact) mass is 407 g/mol. The number of carbonyl (C=O) groups excluding carboxylic acids is 2. The normalized spacial score (nSPS) is 32.3. The highest BCUT2D eigenvalue weighted by atomic mass is 16.5. The van der Waals surface area contributed by atoms with Gasteiger partial charge in [-0.3, -0.25) is 14.5 Å². The molecule has 6 atom stereocenters. The summed E-state index contributed by atoms with van der Waals surface area (Å²) in [6, 6.07) is 21.4. The van der Waals surface area contributed by atoms with Crippen molar-refractivity contribution >= 4 is 28.3 Å². The van der Waals surface area contributed by atoms with Gasteiger partial charge in [0.05, 0.1) is 17.5 Å². The summed E-state index contributed by atoms with van der Waals surface area (Å²) in [5, 5.41) is 2.17. The van der Waals surface area contributed by atoms with Crippen LogP contribution in [0.2, 0.25) is 0 Å². The van der Waals surface area contributed by atoms with Crippen LogP contribution in [-0.2, 0) is 9.59 Å². The molecule has 8 rings (SSSR count). The molecule has 4 aliphatic carbocycles. The van der Waals surface area contributed by atoms with Gasteiger partial charge in [0, 0.05) is 5.39 Å². The van der Waals surface area contributed by atoms with Crippen molar-refractivity contribution < 1.29 is 14.3 Å². The van der Waals surface area contributed by atoms with Gasteiger partial charge in [-0.25, -0.2) is 0 Å². The third-order valence-electron chi connectivity index (χ3n) is 7.74. The van der Waals surface area contributed by atoms with E-state index in [9.17, 15) is 9.59 Å². The van der Waals surface area contributed by atoms with Crippen molar-refractivity contribution in [3.05, 3.63) is 78.9 Å². The van der Waals surface area contributed by atoms with Gasteiger partial charge < -0.3 is 4.74 Å². The summed E-state index contributed by atoms with van der Waals surface area (Å²) >= 11 is 0. The third kappa shape index (κ3) is 2.36. The Bertz CT molecular complexity index is 1240. The maximum Gasteiger partial charge on any atom is 0.238 e. The lowest BCUT2D eigenvalue weighted by Crippen LogP contribution is -2.40. The van der Waals surface area contributed by atoms with Gasteiger partial charge >= 0.3 is 0 Å². The summed E-state index contributed by atoms with van der Waals surface area (Å²) in [4.78, 5) is 28.0. The van der Waals surface area contributed by atoms with Crippen molar-refractivity contribution in [3.63, 3.8) is 0 Å². The summed E-state index contributed by atoms with van der Waals surface area (Å²) in [5.41, 5.74) is 0.641. The molecule has 0 N–H and O–H groups in total. The van der Waals surface area contributed by atoms with Crippen LogP contribution in [0.15, 0.2) is 78.9 Å². The first-order valence-electron chi connectivity index (χ1n) is 11.0. The van der Waals surface area contributed by atoms with Crippen molar-refractivity contribution in [2.24, 2.45) is 35.5 Å². The topological polar surface area (TPSA) is 46.6 Å². The Morgan fingerprint density at radius 1 is 0.742 bits per heavy atom. The molecule has 3 fully saturated rings. The Morgan fingerprint density at radius 2 is 1.39 bits per heavy atom. The molecular formula is C27H21NO3. The molecular weight excluding hydrogens is 386 g/mol. The quantitative estimate of drug-likeness (QED) is 0.443. The Kier molecular flexibility index (Phi) is 3.39. The van der Waals surface area contributed by atoms with Crippen LogP contribution >= 0.6 is 0 Å². The fourth-order valence-electron chi connectivity index (χ4n) is 6.29. The van der Waals surface area contributed by atoms with Crippen LogP contribution in [0, 0.1) is 35.5 Å². The van der Waals surface area contributed by atoms with E-state index in [0.29, 0.717) is 23.3 Å². The number of anilines is 1. The molecule has 5 aliphatic rings. The Labute approximate surface area is 180 Å². The third-order valence-corrected chi connectivity index (χ3v) is 7.74. The van der Waals surface area contributed by atoms with Crippen LogP contribution in [-0.4, -0.2) is 11.8 Å². The molecule has 31 heavy (non-hydrogen) atoms. The molecule has 0 aromatic heterocycles. The lowest BCUT2D eigenvalue weighted by molar-refractivity contribution is -0.124. The Hall–Kier alpha value is -3.40. The zero-order chi connectivity index (χ0) is 20.7. The first kappa shape index (κ1) is 17.3. The van der Waals surface area contributed by atoms with Gasteiger partial charge in [-0.15, -0.1) is 0 Å². The summed E-state index contributed by atoms with van der Waals surface area (Å²) in [6.45, 7) is 0. The molecule has 1 heterocycles. The molecule has 1 saturated heterocycles. The molecule has 152 valence electrons. The maximum atomic E-state index is 13.3. The van der Waals surface area contributed by atoms with E-state index < -0.39 is 0 Å². The van der Waals surface area contributed by atoms with E-state index in [0.717, 1.165) is 16.5 Å². The zero-order valence-corrected chi connectivity index (χ0v) is 16.8. The van der Waals surface area contributed by atoms with Gasteiger partial charge in [0.25, 0.3) is 0 Å². The molecule has 0 radical (unpaired) electrons. The van der Waals surface area contributed by atoms with Crippen molar-refractivity contribution in [3.8, 4) is 11.5 Å². The summed E-state index contributed by atoms with van der Waals surface area (Å²) in [6.07, 6.45) is 5.59. The minimum absolute atomic E-state index is 0.0255. The average molecular weight is 407 g/mol. The van der Waals surface area contributed by atoms with Crippen molar-refractivity contribution in [1.82, 2.24) is 0 Å². The lowest BCUT2D eigenvalue weighted by Gasteiger charge is -2.37. The summed E-state index contributed by atoms with van der Waals surface area (Å²) in [7, 11) is 0. The molecule has 0 spiro atoms. The Morgan fingerprint density at radius 3 is 2.10 bits per heavy atom. The van der Waals surface area contributed by atoms with Crippen molar-refractivity contribution in [2.45, 2.75) is 6.42 Å². The molecule has 2 saturated carbocycles. The van der Waals surface area contributed by atoms with Gasteiger partial charge in [-0.2, -0.15) is 0 Å². The first-order chi connectivity index (χ1) is 15.2. The summed E-state index contributed by atoms with van der Waals surface area (Å²) < 4.78 is 6.12. The van der Waals surface area contributed by atoms with Crippen molar-refractivity contribution in [2.75, 3.05) is 4.90 Å². The zero-order valence-electron chi connectivity index (χ0n) is 16.8. The second-order valence-electron chi connectivity index (χ2n) is 9.24. The van der Waals surface area contributed by atoms with E-state index in [1.54, 1.807) is 0 Å².